The van der Waals surface area contributed by atoms with Crippen molar-refractivity contribution in [3.63, 3.8) is 0 Å². The van der Waals surface area contributed by atoms with Crippen LogP contribution in [0, 0.1) is 5.92 Å². The number of hydrogen-bond donors (Lipinski definition) is 1. The fourth-order valence-corrected chi connectivity index (χ4v) is 3.62. The Hall–Kier alpha value is -0.390. The first-order chi connectivity index (χ1) is 7.91. The molecule has 2 atom stereocenters. The molecule has 3 nitrogen and oxygen atoms in total. The standard InChI is InChI=1S/C12H16BrNO2S/c1-8(17(14,15)16)12(9-6-7-9)10-4-2-3-5-11(10)13/h2-5,8-9,12H,6-7H2,1H3,(H2,14,15,16). The monoisotopic (exact) mass is 317 g/mol. The summed E-state index contributed by atoms with van der Waals surface area (Å²) in [6.07, 6.45) is 2.18. The van der Waals surface area contributed by atoms with Crippen molar-refractivity contribution >= 4 is 26.0 Å². The van der Waals surface area contributed by atoms with E-state index in [-0.39, 0.29) is 5.92 Å². The first kappa shape index (κ1) is 13.1. The minimum atomic E-state index is -3.49. The van der Waals surface area contributed by atoms with E-state index in [9.17, 15) is 8.42 Å². The van der Waals surface area contributed by atoms with Crippen LogP contribution in [0.3, 0.4) is 0 Å². The van der Waals surface area contributed by atoms with Crippen molar-refractivity contribution in [1.82, 2.24) is 0 Å². The molecule has 0 heterocycles. The van der Waals surface area contributed by atoms with Crippen LogP contribution in [-0.4, -0.2) is 13.7 Å². The second kappa shape index (κ2) is 4.71. The lowest BCUT2D eigenvalue weighted by Gasteiger charge is -2.23. The van der Waals surface area contributed by atoms with Crippen LogP contribution >= 0.6 is 15.9 Å². The summed E-state index contributed by atoms with van der Waals surface area (Å²) in [5.74, 6) is 0.447. The van der Waals surface area contributed by atoms with Crippen molar-refractivity contribution in [3.05, 3.63) is 34.3 Å². The quantitative estimate of drug-likeness (QED) is 0.928. The summed E-state index contributed by atoms with van der Waals surface area (Å²) in [4.78, 5) is 0. The number of rotatable bonds is 4. The number of hydrogen-bond acceptors (Lipinski definition) is 2. The van der Waals surface area contributed by atoms with Gasteiger partial charge in [-0.1, -0.05) is 34.1 Å². The predicted octanol–water partition coefficient (Wildman–Crippen LogP) is 2.62. The average molecular weight is 318 g/mol. The van der Waals surface area contributed by atoms with Gasteiger partial charge in [-0.15, -0.1) is 0 Å². The third-order valence-corrected chi connectivity index (χ3v) is 5.47. The van der Waals surface area contributed by atoms with Gasteiger partial charge in [0.15, 0.2) is 0 Å². The first-order valence-electron chi connectivity index (χ1n) is 5.67. The highest BCUT2D eigenvalue weighted by molar-refractivity contribution is 9.10. The van der Waals surface area contributed by atoms with Crippen molar-refractivity contribution in [3.8, 4) is 0 Å². The van der Waals surface area contributed by atoms with Gasteiger partial charge in [0.25, 0.3) is 0 Å². The minimum Gasteiger partial charge on any atom is -0.228 e. The molecule has 2 rings (SSSR count). The highest BCUT2D eigenvalue weighted by atomic mass is 79.9. The zero-order chi connectivity index (χ0) is 12.6. The molecule has 0 saturated heterocycles. The van der Waals surface area contributed by atoms with Crippen LogP contribution in [0.25, 0.3) is 0 Å². The molecule has 0 spiro atoms. The molecule has 0 radical (unpaired) electrons. The van der Waals surface area contributed by atoms with E-state index < -0.39 is 15.3 Å². The Morgan fingerprint density at radius 1 is 1.35 bits per heavy atom. The van der Waals surface area contributed by atoms with Crippen LogP contribution in [0.2, 0.25) is 0 Å². The Bertz CT molecular complexity index is 511. The maximum Gasteiger partial charge on any atom is 0.212 e. The van der Waals surface area contributed by atoms with Crippen molar-refractivity contribution in [2.75, 3.05) is 0 Å². The normalized spacial score (nSPS) is 19.9. The number of sulfonamides is 1. The lowest BCUT2D eigenvalue weighted by atomic mass is 9.91. The van der Waals surface area contributed by atoms with E-state index in [1.165, 1.54) is 0 Å². The van der Waals surface area contributed by atoms with Crippen LogP contribution in [0.4, 0.5) is 0 Å². The molecule has 94 valence electrons. The van der Waals surface area contributed by atoms with Gasteiger partial charge in [-0.3, -0.25) is 0 Å². The van der Waals surface area contributed by atoms with Crippen molar-refractivity contribution in [2.45, 2.75) is 30.9 Å². The zero-order valence-corrected chi connectivity index (χ0v) is 12.0. The third-order valence-electron chi connectivity index (χ3n) is 3.42. The Morgan fingerprint density at radius 3 is 2.41 bits per heavy atom. The Morgan fingerprint density at radius 2 is 1.94 bits per heavy atom. The van der Waals surface area contributed by atoms with Crippen LogP contribution in [0.15, 0.2) is 28.7 Å². The highest BCUT2D eigenvalue weighted by Crippen LogP contribution is 2.47. The Balaban J connectivity index is 2.40. The summed E-state index contributed by atoms with van der Waals surface area (Å²) in [5.41, 5.74) is 1.05. The summed E-state index contributed by atoms with van der Waals surface area (Å²) >= 11 is 3.49. The zero-order valence-electron chi connectivity index (χ0n) is 9.64. The number of nitrogens with two attached hydrogens (primary N) is 1. The van der Waals surface area contributed by atoms with Gasteiger partial charge in [0.2, 0.25) is 10.0 Å². The second-order valence-electron chi connectivity index (χ2n) is 4.68. The summed E-state index contributed by atoms with van der Waals surface area (Å²) in [5, 5.41) is 4.76. The van der Waals surface area contributed by atoms with E-state index in [0.29, 0.717) is 5.92 Å². The molecule has 0 amide bonds. The average Bonchev–Trinajstić information content (AvgIpc) is 3.04. The second-order valence-corrected chi connectivity index (χ2v) is 7.45. The van der Waals surface area contributed by atoms with Gasteiger partial charge in [0, 0.05) is 10.4 Å². The maximum atomic E-state index is 11.6. The molecule has 1 fully saturated rings. The van der Waals surface area contributed by atoms with Gasteiger partial charge in [0.1, 0.15) is 0 Å². The van der Waals surface area contributed by atoms with Gasteiger partial charge in [-0.2, -0.15) is 0 Å². The molecule has 1 saturated carbocycles. The van der Waals surface area contributed by atoms with Gasteiger partial charge >= 0.3 is 0 Å². The first-order valence-corrected chi connectivity index (χ1v) is 8.07. The molecule has 1 aromatic carbocycles. The van der Waals surface area contributed by atoms with E-state index in [0.717, 1.165) is 22.9 Å². The SMILES string of the molecule is CC(C(c1ccccc1Br)C1CC1)S(N)(=O)=O. The molecular formula is C12H16BrNO2S. The van der Waals surface area contributed by atoms with Crippen LogP contribution in [0.5, 0.6) is 0 Å². The third kappa shape index (κ3) is 2.89. The van der Waals surface area contributed by atoms with Gasteiger partial charge in [-0.05, 0) is 37.3 Å². The van der Waals surface area contributed by atoms with Gasteiger partial charge in [-0.25, -0.2) is 13.6 Å². The summed E-state index contributed by atoms with van der Waals surface area (Å²) in [7, 11) is -3.49. The Kier molecular flexibility index (Phi) is 3.61. The molecule has 0 bridgehead atoms. The number of halogens is 1. The van der Waals surface area contributed by atoms with E-state index in [2.05, 4.69) is 15.9 Å². The van der Waals surface area contributed by atoms with E-state index in [1.807, 2.05) is 24.3 Å². The molecule has 1 aromatic rings. The van der Waals surface area contributed by atoms with E-state index >= 15 is 0 Å². The summed E-state index contributed by atoms with van der Waals surface area (Å²) in [6, 6.07) is 7.79. The van der Waals surface area contributed by atoms with E-state index in [1.54, 1.807) is 6.92 Å². The molecule has 0 aromatic heterocycles. The largest absolute Gasteiger partial charge is 0.228 e. The van der Waals surface area contributed by atoms with Crippen molar-refractivity contribution < 1.29 is 8.42 Å². The molecule has 1 aliphatic rings. The van der Waals surface area contributed by atoms with Crippen LogP contribution in [-0.2, 0) is 10.0 Å². The number of benzene rings is 1. The van der Waals surface area contributed by atoms with Crippen molar-refractivity contribution in [1.29, 1.82) is 0 Å². The maximum absolute atomic E-state index is 11.6. The molecule has 2 unspecified atom stereocenters. The molecule has 2 N–H and O–H groups in total. The molecule has 0 aliphatic heterocycles. The summed E-state index contributed by atoms with van der Waals surface area (Å²) < 4.78 is 24.1. The van der Waals surface area contributed by atoms with Crippen molar-refractivity contribution in [2.24, 2.45) is 11.1 Å². The van der Waals surface area contributed by atoms with Crippen LogP contribution in [0.1, 0.15) is 31.2 Å². The fraction of sp³-hybridized carbons (Fsp3) is 0.500. The Labute approximate surface area is 111 Å². The van der Waals surface area contributed by atoms with Gasteiger partial charge in [0.05, 0.1) is 5.25 Å². The smallest absolute Gasteiger partial charge is 0.212 e. The molecular weight excluding hydrogens is 302 g/mol. The topological polar surface area (TPSA) is 60.2 Å². The lowest BCUT2D eigenvalue weighted by Crippen LogP contribution is -2.32. The minimum absolute atomic E-state index is 0.000532. The molecule has 5 heteroatoms. The number of primary sulfonamides is 1. The van der Waals surface area contributed by atoms with Gasteiger partial charge < -0.3 is 0 Å². The molecule has 1 aliphatic carbocycles. The highest BCUT2D eigenvalue weighted by Gasteiger charge is 2.40. The summed E-state index contributed by atoms with van der Waals surface area (Å²) in [6.45, 7) is 1.71. The fourth-order valence-electron chi connectivity index (χ4n) is 2.30. The van der Waals surface area contributed by atoms with E-state index in [4.69, 9.17) is 5.14 Å². The molecule has 17 heavy (non-hydrogen) atoms. The predicted molar refractivity (Wildman–Crippen MR) is 72.2 cm³/mol. The van der Waals surface area contributed by atoms with Crippen LogP contribution < -0.4 is 5.14 Å². The lowest BCUT2D eigenvalue weighted by molar-refractivity contribution is 0.535.